The SMILES string of the molecule is COC(=O)c1cccc2c1Nc1cccc3c1N2c1cc(C(=O)OC)c2nc4cccc([C@@H](C)O)c4nc2c1[C@@H]3C. The van der Waals surface area contributed by atoms with Gasteiger partial charge in [0.2, 0.25) is 0 Å². The number of carbonyl (C=O) groups excluding carboxylic acids is 2. The zero-order valence-electron chi connectivity index (χ0n) is 22.9. The standard InChI is InChI=1S/C32H26N4O5/c1-15-17-8-5-12-22-30(17)36(23-13-7-10-19(27(23)34-22)31(38)40-3)24-14-20(32(39)41-4)28-29(25(15)24)35-26-18(16(2)37)9-6-11-21(26)33-28/h5-16,34,37H,1-4H3/t15-,16-/m1/s1. The number of nitrogens with one attached hydrogen (secondary N) is 1. The summed E-state index contributed by atoms with van der Waals surface area (Å²) in [5.41, 5.74) is 9.18. The maximum absolute atomic E-state index is 13.2. The third-order valence-corrected chi connectivity index (χ3v) is 8.03. The van der Waals surface area contributed by atoms with Crippen LogP contribution in [-0.2, 0) is 9.47 Å². The Morgan fingerprint density at radius 1 is 0.902 bits per heavy atom. The van der Waals surface area contributed by atoms with Crippen LogP contribution in [0.15, 0.2) is 60.7 Å². The number of nitrogens with zero attached hydrogens (tertiary/aromatic N) is 3. The van der Waals surface area contributed by atoms with Gasteiger partial charge in [-0.3, -0.25) is 0 Å². The molecule has 2 atom stereocenters. The van der Waals surface area contributed by atoms with Gasteiger partial charge in [-0.1, -0.05) is 37.3 Å². The minimum absolute atomic E-state index is 0.122. The molecule has 2 aliphatic rings. The summed E-state index contributed by atoms with van der Waals surface area (Å²) in [5, 5.41) is 14.0. The van der Waals surface area contributed by atoms with E-state index in [1.165, 1.54) is 14.2 Å². The van der Waals surface area contributed by atoms with Crippen molar-refractivity contribution < 1.29 is 24.2 Å². The summed E-state index contributed by atoms with van der Waals surface area (Å²) in [5.74, 6) is -1.12. The molecule has 1 aromatic heterocycles. The molecule has 0 spiro atoms. The second-order valence-electron chi connectivity index (χ2n) is 10.3. The summed E-state index contributed by atoms with van der Waals surface area (Å²) >= 11 is 0. The first-order valence-corrected chi connectivity index (χ1v) is 13.3. The van der Waals surface area contributed by atoms with Gasteiger partial charge in [0.15, 0.2) is 0 Å². The van der Waals surface area contributed by atoms with E-state index >= 15 is 0 Å². The molecule has 41 heavy (non-hydrogen) atoms. The molecule has 0 radical (unpaired) electrons. The van der Waals surface area contributed by atoms with E-state index in [-0.39, 0.29) is 11.5 Å². The number of hydrogen-bond donors (Lipinski definition) is 2. The van der Waals surface area contributed by atoms with Gasteiger partial charge in [0.1, 0.15) is 5.52 Å². The van der Waals surface area contributed by atoms with Gasteiger partial charge in [-0.15, -0.1) is 0 Å². The average molecular weight is 547 g/mol. The lowest BCUT2D eigenvalue weighted by Gasteiger charge is -2.42. The fourth-order valence-corrected chi connectivity index (χ4v) is 6.15. The number of aliphatic hydroxyl groups excluding tert-OH is 1. The van der Waals surface area contributed by atoms with Crippen LogP contribution in [-0.4, -0.2) is 41.2 Å². The number of aliphatic hydroxyl groups is 1. The van der Waals surface area contributed by atoms with Gasteiger partial charge in [0.05, 0.1) is 76.4 Å². The quantitative estimate of drug-likeness (QED) is 0.192. The predicted molar refractivity (Wildman–Crippen MR) is 156 cm³/mol. The molecule has 0 amide bonds. The topological polar surface area (TPSA) is 114 Å². The normalized spacial score (nSPS) is 15.4. The molecule has 0 saturated heterocycles. The Hall–Kier alpha value is -5.02. The van der Waals surface area contributed by atoms with Crippen LogP contribution < -0.4 is 10.2 Å². The molecule has 5 aromatic rings. The molecular weight excluding hydrogens is 520 g/mol. The van der Waals surface area contributed by atoms with Crippen molar-refractivity contribution in [2.45, 2.75) is 25.9 Å². The van der Waals surface area contributed by atoms with Gasteiger partial charge in [-0.25, -0.2) is 19.6 Å². The summed E-state index contributed by atoms with van der Waals surface area (Å²) in [6, 6.07) is 18.7. The number of carbonyl (C=O) groups is 2. The fourth-order valence-electron chi connectivity index (χ4n) is 6.15. The molecule has 2 aliphatic heterocycles. The number of aromatic nitrogens is 2. The summed E-state index contributed by atoms with van der Waals surface area (Å²) < 4.78 is 10.3. The van der Waals surface area contributed by atoms with E-state index in [0.717, 1.165) is 33.9 Å². The summed E-state index contributed by atoms with van der Waals surface area (Å²) in [6.45, 7) is 3.80. The number of rotatable bonds is 3. The number of esters is 2. The molecule has 9 heteroatoms. The van der Waals surface area contributed by atoms with Crippen LogP contribution in [0.3, 0.4) is 0 Å². The lowest BCUT2D eigenvalue weighted by atomic mass is 9.82. The lowest BCUT2D eigenvalue weighted by Crippen LogP contribution is -2.27. The molecule has 0 bridgehead atoms. The highest BCUT2D eigenvalue weighted by Crippen LogP contribution is 2.58. The molecule has 204 valence electrons. The smallest absolute Gasteiger partial charge is 0.340 e. The van der Waals surface area contributed by atoms with E-state index in [4.69, 9.17) is 19.4 Å². The van der Waals surface area contributed by atoms with Crippen molar-refractivity contribution in [3.05, 3.63) is 88.5 Å². The third-order valence-electron chi connectivity index (χ3n) is 8.03. The maximum Gasteiger partial charge on any atom is 0.340 e. The van der Waals surface area contributed by atoms with Gasteiger partial charge in [-0.2, -0.15) is 0 Å². The Bertz CT molecular complexity index is 1950. The summed E-state index contributed by atoms with van der Waals surface area (Å²) in [4.78, 5) is 38.0. The number of ether oxygens (including phenoxy) is 2. The largest absolute Gasteiger partial charge is 0.465 e. The highest BCUT2D eigenvalue weighted by molar-refractivity contribution is 6.12. The Labute approximate surface area is 235 Å². The van der Waals surface area contributed by atoms with Crippen LogP contribution in [0.5, 0.6) is 0 Å². The Balaban J connectivity index is 1.63. The third kappa shape index (κ3) is 3.45. The van der Waals surface area contributed by atoms with Crippen LogP contribution in [0.25, 0.3) is 22.1 Å². The van der Waals surface area contributed by atoms with E-state index in [1.54, 1.807) is 19.1 Å². The van der Waals surface area contributed by atoms with Crippen LogP contribution in [0.2, 0.25) is 0 Å². The molecule has 0 unspecified atom stereocenters. The highest BCUT2D eigenvalue weighted by Gasteiger charge is 2.39. The second-order valence-corrected chi connectivity index (χ2v) is 10.3. The second kappa shape index (κ2) is 9.00. The minimum atomic E-state index is -0.762. The molecule has 9 nitrogen and oxygen atoms in total. The summed E-state index contributed by atoms with van der Waals surface area (Å²) in [7, 11) is 2.69. The molecule has 4 aromatic carbocycles. The summed E-state index contributed by atoms with van der Waals surface area (Å²) in [6.07, 6.45) is -0.762. The number of para-hydroxylation sites is 3. The molecule has 2 N–H and O–H groups in total. The molecule has 0 aliphatic carbocycles. The van der Waals surface area contributed by atoms with Crippen LogP contribution in [0, 0.1) is 0 Å². The first kappa shape index (κ1) is 25.0. The number of fused-ring (bicyclic) bond motifs is 7. The minimum Gasteiger partial charge on any atom is -0.465 e. The van der Waals surface area contributed by atoms with Crippen LogP contribution in [0.4, 0.5) is 28.4 Å². The molecule has 0 fully saturated rings. The van der Waals surface area contributed by atoms with Crippen molar-refractivity contribution in [3.63, 3.8) is 0 Å². The van der Waals surface area contributed by atoms with E-state index in [0.29, 0.717) is 38.9 Å². The highest BCUT2D eigenvalue weighted by atomic mass is 16.5. The van der Waals surface area contributed by atoms with Crippen molar-refractivity contribution in [1.29, 1.82) is 0 Å². The Morgan fingerprint density at radius 2 is 1.63 bits per heavy atom. The van der Waals surface area contributed by atoms with Crippen molar-refractivity contribution in [3.8, 4) is 0 Å². The maximum atomic E-state index is 13.2. The Kier molecular flexibility index (Phi) is 5.49. The van der Waals surface area contributed by atoms with Crippen LogP contribution in [0.1, 0.15) is 63.3 Å². The van der Waals surface area contributed by atoms with Gasteiger partial charge in [0, 0.05) is 17.0 Å². The van der Waals surface area contributed by atoms with E-state index in [9.17, 15) is 14.7 Å². The van der Waals surface area contributed by atoms with Crippen molar-refractivity contribution in [1.82, 2.24) is 9.97 Å². The van der Waals surface area contributed by atoms with Gasteiger partial charge in [0.25, 0.3) is 0 Å². The van der Waals surface area contributed by atoms with E-state index in [2.05, 4.69) is 23.2 Å². The molecule has 7 rings (SSSR count). The van der Waals surface area contributed by atoms with E-state index < -0.39 is 18.0 Å². The molecule has 0 saturated carbocycles. The Morgan fingerprint density at radius 3 is 2.39 bits per heavy atom. The number of anilines is 5. The van der Waals surface area contributed by atoms with Crippen molar-refractivity contribution in [2.75, 3.05) is 24.4 Å². The molecule has 3 heterocycles. The number of methoxy groups -OCH3 is 2. The zero-order chi connectivity index (χ0) is 28.6. The van der Waals surface area contributed by atoms with Crippen molar-refractivity contribution in [2.24, 2.45) is 0 Å². The van der Waals surface area contributed by atoms with Gasteiger partial charge >= 0.3 is 11.9 Å². The monoisotopic (exact) mass is 546 g/mol. The first-order chi connectivity index (χ1) is 19.8. The zero-order valence-corrected chi connectivity index (χ0v) is 22.9. The molecular formula is C32H26N4O5. The van der Waals surface area contributed by atoms with Gasteiger partial charge < -0.3 is 24.8 Å². The first-order valence-electron chi connectivity index (χ1n) is 13.3. The lowest BCUT2D eigenvalue weighted by molar-refractivity contribution is 0.0593. The van der Waals surface area contributed by atoms with Crippen molar-refractivity contribution >= 4 is 62.4 Å². The number of benzene rings is 4. The number of hydrogen-bond acceptors (Lipinski definition) is 9. The van der Waals surface area contributed by atoms with E-state index in [1.807, 2.05) is 42.5 Å². The van der Waals surface area contributed by atoms with Crippen LogP contribution >= 0.6 is 0 Å². The fraction of sp³-hybridized carbons (Fsp3) is 0.188. The predicted octanol–water partition coefficient (Wildman–Crippen LogP) is 6.40. The van der Waals surface area contributed by atoms with Gasteiger partial charge in [-0.05, 0) is 42.8 Å². The average Bonchev–Trinajstić information content (AvgIpc) is 2.99.